The summed E-state index contributed by atoms with van der Waals surface area (Å²) in [6, 6.07) is 7.69. The molecule has 1 aliphatic carbocycles. The van der Waals surface area contributed by atoms with E-state index in [1.54, 1.807) is 16.8 Å². The third-order valence-electron chi connectivity index (χ3n) is 3.84. The van der Waals surface area contributed by atoms with Gasteiger partial charge in [-0.2, -0.15) is 0 Å². The summed E-state index contributed by atoms with van der Waals surface area (Å²) in [5.74, 6) is 1.32. The number of hydrogen-bond donors (Lipinski definition) is 0. The van der Waals surface area contributed by atoms with Crippen molar-refractivity contribution in [3.05, 3.63) is 40.9 Å². The van der Waals surface area contributed by atoms with Crippen molar-refractivity contribution in [1.29, 1.82) is 0 Å². The summed E-state index contributed by atoms with van der Waals surface area (Å²) < 4.78 is 1.68. The summed E-state index contributed by atoms with van der Waals surface area (Å²) in [5.41, 5.74) is 0.847. The van der Waals surface area contributed by atoms with Crippen LogP contribution in [0.4, 0.5) is 0 Å². The minimum atomic E-state index is -0.0722. The zero-order chi connectivity index (χ0) is 16.6. The lowest BCUT2D eigenvalue weighted by atomic mass is 10.2. The van der Waals surface area contributed by atoms with Gasteiger partial charge >= 0.3 is 0 Å². The van der Waals surface area contributed by atoms with E-state index in [9.17, 15) is 4.79 Å². The minimum Gasteiger partial charge on any atom is -0.333 e. The van der Waals surface area contributed by atoms with Crippen LogP contribution in [0.3, 0.4) is 0 Å². The molecule has 0 N–H and O–H groups in total. The minimum absolute atomic E-state index is 0.0722. The zero-order valence-electron chi connectivity index (χ0n) is 13.7. The standard InChI is InChI=1S/C17H21ClN4O/c1-11(2)10-21(14-8-9-14)17(23)16-19-12(3)22(20-16)15-6-4-13(18)5-7-15/h4-7,11,14H,8-10H2,1-3H3. The van der Waals surface area contributed by atoms with Crippen molar-refractivity contribution in [3.63, 3.8) is 0 Å². The lowest BCUT2D eigenvalue weighted by molar-refractivity contribution is 0.0710. The maximum absolute atomic E-state index is 12.8. The van der Waals surface area contributed by atoms with Gasteiger partial charge in [0, 0.05) is 17.6 Å². The Labute approximate surface area is 141 Å². The molecule has 0 spiro atoms. The van der Waals surface area contributed by atoms with Gasteiger partial charge in [0.25, 0.3) is 5.91 Å². The fourth-order valence-electron chi connectivity index (χ4n) is 2.61. The van der Waals surface area contributed by atoms with E-state index in [2.05, 4.69) is 23.9 Å². The third kappa shape index (κ3) is 3.55. The Balaban J connectivity index is 1.87. The normalized spacial score (nSPS) is 14.3. The molecule has 5 nitrogen and oxygen atoms in total. The number of aryl methyl sites for hydroxylation is 1. The molecular formula is C17H21ClN4O. The number of benzene rings is 1. The smallest absolute Gasteiger partial charge is 0.293 e. The largest absolute Gasteiger partial charge is 0.333 e. The maximum Gasteiger partial charge on any atom is 0.293 e. The van der Waals surface area contributed by atoms with Gasteiger partial charge in [0.15, 0.2) is 0 Å². The molecule has 122 valence electrons. The first kappa shape index (κ1) is 16.0. The van der Waals surface area contributed by atoms with E-state index in [-0.39, 0.29) is 11.7 Å². The lowest BCUT2D eigenvalue weighted by Crippen LogP contribution is -2.36. The number of amides is 1. The van der Waals surface area contributed by atoms with Crippen molar-refractivity contribution >= 4 is 17.5 Å². The van der Waals surface area contributed by atoms with Gasteiger partial charge in [0.2, 0.25) is 5.82 Å². The van der Waals surface area contributed by atoms with Gasteiger partial charge in [-0.05, 0) is 49.9 Å². The highest BCUT2D eigenvalue weighted by atomic mass is 35.5. The molecule has 1 saturated carbocycles. The van der Waals surface area contributed by atoms with Crippen LogP contribution in [0.15, 0.2) is 24.3 Å². The van der Waals surface area contributed by atoms with Gasteiger partial charge in [0.1, 0.15) is 5.82 Å². The molecule has 0 atom stereocenters. The summed E-state index contributed by atoms with van der Waals surface area (Å²) in [4.78, 5) is 19.1. The van der Waals surface area contributed by atoms with Gasteiger partial charge in [-0.3, -0.25) is 4.79 Å². The van der Waals surface area contributed by atoms with Crippen LogP contribution in [0.2, 0.25) is 5.02 Å². The molecule has 1 aliphatic rings. The van der Waals surface area contributed by atoms with E-state index in [1.807, 2.05) is 24.0 Å². The number of hydrogen-bond acceptors (Lipinski definition) is 3. The maximum atomic E-state index is 12.8. The summed E-state index contributed by atoms with van der Waals surface area (Å²) in [6.45, 7) is 6.83. The molecule has 0 saturated heterocycles. The molecule has 0 bridgehead atoms. The summed E-state index contributed by atoms with van der Waals surface area (Å²) >= 11 is 5.92. The molecule has 0 radical (unpaired) electrons. The number of halogens is 1. The van der Waals surface area contributed by atoms with Crippen LogP contribution < -0.4 is 0 Å². The average molecular weight is 333 g/mol. The molecule has 1 amide bonds. The molecular weight excluding hydrogens is 312 g/mol. The van der Waals surface area contributed by atoms with Crippen molar-refractivity contribution in [2.45, 2.75) is 39.7 Å². The van der Waals surface area contributed by atoms with Crippen LogP contribution in [0.1, 0.15) is 43.1 Å². The highest BCUT2D eigenvalue weighted by molar-refractivity contribution is 6.30. The van der Waals surface area contributed by atoms with E-state index in [1.165, 1.54) is 0 Å². The number of rotatable bonds is 5. The second kappa shape index (κ2) is 6.32. The van der Waals surface area contributed by atoms with Gasteiger partial charge < -0.3 is 4.90 Å². The SMILES string of the molecule is Cc1nc(C(=O)N(CC(C)C)C2CC2)nn1-c1ccc(Cl)cc1. The van der Waals surface area contributed by atoms with Crippen LogP contribution in [-0.2, 0) is 0 Å². The lowest BCUT2D eigenvalue weighted by Gasteiger charge is -2.22. The molecule has 1 aromatic heterocycles. The van der Waals surface area contributed by atoms with Crippen molar-refractivity contribution in [2.75, 3.05) is 6.54 Å². The molecule has 2 aromatic rings. The molecule has 1 heterocycles. The molecule has 1 fully saturated rings. The van der Waals surface area contributed by atoms with Crippen LogP contribution in [-0.4, -0.2) is 38.2 Å². The Morgan fingerprint density at radius 1 is 1.35 bits per heavy atom. The van der Waals surface area contributed by atoms with E-state index in [4.69, 9.17) is 11.6 Å². The Morgan fingerprint density at radius 2 is 2.00 bits per heavy atom. The molecule has 6 heteroatoms. The number of carbonyl (C=O) groups excluding carboxylic acids is 1. The van der Waals surface area contributed by atoms with Gasteiger partial charge in [-0.25, -0.2) is 9.67 Å². The van der Waals surface area contributed by atoms with Crippen molar-refractivity contribution in [1.82, 2.24) is 19.7 Å². The van der Waals surface area contributed by atoms with Crippen LogP contribution in [0, 0.1) is 12.8 Å². The van der Waals surface area contributed by atoms with Crippen LogP contribution in [0.5, 0.6) is 0 Å². The number of carbonyl (C=O) groups is 1. The first-order chi connectivity index (χ1) is 11.0. The first-order valence-corrected chi connectivity index (χ1v) is 8.34. The van der Waals surface area contributed by atoms with Crippen molar-refractivity contribution in [3.8, 4) is 5.69 Å². The fourth-order valence-corrected chi connectivity index (χ4v) is 2.74. The van der Waals surface area contributed by atoms with Gasteiger partial charge in [-0.15, -0.1) is 5.10 Å². The third-order valence-corrected chi connectivity index (χ3v) is 4.09. The predicted molar refractivity (Wildman–Crippen MR) is 90.0 cm³/mol. The summed E-state index contributed by atoms with van der Waals surface area (Å²) in [7, 11) is 0. The molecule has 1 aromatic carbocycles. The topological polar surface area (TPSA) is 51.0 Å². The Bertz CT molecular complexity index is 704. The van der Waals surface area contributed by atoms with Gasteiger partial charge in [-0.1, -0.05) is 25.4 Å². The van der Waals surface area contributed by atoms with Crippen molar-refractivity contribution in [2.24, 2.45) is 5.92 Å². The Morgan fingerprint density at radius 3 is 2.57 bits per heavy atom. The van der Waals surface area contributed by atoms with Crippen LogP contribution in [0.25, 0.3) is 5.69 Å². The molecule has 3 rings (SSSR count). The number of nitrogens with zero attached hydrogens (tertiary/aromatic N) is 4. The average Bonchev–Trinajstić information content (AvgIpc) is 3.27. The highest BCUT2D eigenvalue weighted by Crippen LogP contribution is 2.28. The van der Waals surface area contributed by atoms with Gasteiger partial charge in [0.05, 0.1) is 5.69 Å². The Kier molecular flexibility index (Phi) is 4.39. The number of aromatic nitrogens is 3. The second-order valence-corrected chi connectivity index (χ2v) is 6.89. The Hall–Kier alpha value is -1.88. The first-order valence-electron chi connectivity index (χ1n) is 7.96. The van der Waals surface area contributed by atoms with Crippen molar-refractivity contribution < 1.29 is 4.79 Å². The van der Waals surface area contributed by atoms with Crippen LogP contribution >= 0.6 is 11.6 Å². The molecule has 0 unspecified atom stereocenters. The second-order valence-electron chi connectivity index (χ2n) is 6.45. The molecule has 23 heavy (non-hydrogen) atoms. The van der Waals surface area contributed by atoms with E-state index in [0.29, 0.717) is 22.8 Å². The molecule has 0 aliphatic heterocycles. The quantitative estimate of drug-likeness (QED) is 0.842. The van der Waals surface area contributed by atoms with E-state index in [0.717, 1.165) is 25.1 Å². The van der Waals surface area contributed by atoms with E-state index >= 15 is 0 Å². The zero-order valence-corrected chi connectivity index (χ0v) is 14.4. The van der Waals surface area contributed by atoms with E-state index < -0.39 is 0 Å². The fraction of sp³-hybridized carbons (Fsp3) is 0.471. The summed E-state index contributed by atoms with van der Waals surface area (Å²) in [6.07, 6.45) is 2.16. The highest BCUT2D eigenvalue weighted by Gasteiger charge is 2.35. The monoisotopic (exact) mass is 332 g/mol. The summed E-state index contributed by atoms with van der Waals surface area (Å²) in [5, 5.41) is 5.09. The predicted octanol–water partition coefficient (Wildman–Crippen LogP) is 3.49.